The van der Waals surface area contributed by atoms with Gasteiger partial charge in [-0.25, -0.2) is 9.18 Å². The molecule has 3 heteroatoms. The molecule has 1 aromatic rings. The molecule has 0 saturated heterocycles. The molecular weight excluding hydrogens is 171 g/mol. The third-order valence-electron chi connectivity index (χ3n) is 1.58. The van der Waals surface area contributed by atoms with Crippen LogP contribution in [0.5, 0.6) is 0 Å². The fourth-order valence-electron chi connectivity index (χ4n) is 1.00. The van der Waals surface area contributed by atoms with Crippen LogP contribution < -0.4 is 0 Å². The van der Waals surface area contributed by atoms with Crippen LogP contribution in [0.15, 0.2) is 24.3 Å². The summed E-state index contributed by atoms with van der Waals surface area (Å²) in [6.07, 6.45) is 3.46. The second-order valence-electron chi connectivity index (χ2n) is 2.54. The van der Waals surface area contributed by atoms with E-state index in [-0.39, 0.29) is 5.56 Å². The fraction of sp³-hybridized carbons (Fsp3) is 0.100. The SMILES string of the molecule is C/C=C/c1ccc(C(=O)O)c(F)c1. The lowest BCUT2D eigenvalue weighted by atomic mass is 10.1. The molecule has 0 saturated carbocycles. The molecule has 0 atom stereocenters. The molecular formula is C10H9FO2. The second-order valence-corrected chi connectivity index (χ2v) is 2.54. The van der Waals surface area contributed by atoms with Crippen LogP contribution in [0.25, 0.3) is 6.08 Å². The summed E-state index contributed by atoms with van der Waals surface area (Å²) in [6.45, 7) is 1.81. The number of hydrogen-bond donors (Lipinski definition) is 1. The van der Waals surface area contributed by atoms with Gasteiger partial charge in [0, 0.05) is 0 Å². The first kappa shape index (κ1) is 9.45. The first-order chi connectivity index (χ1) is 6.15. The van der Waals surface area contributed by atoms with Crippen LogP contribution in [0, 0.1) is 5.82 Å². The van der Waals surface area contributed by atoms with Crippen molar-refractivity contribution in [2.24, 2.45) is 0 Å². The average molecular weight is 180 g/mol. The molecule has 0 unspecified atom stereocenters. The quantitative estimate of drug-likeness (QED) is 0.759. The molecule has 1 aromatic carbocycles. The van der Waals surface area contributed by atoms with Crippen LogP contribution in [-0.2, 0) is 0 Å². The molecule has 1 N–H and O–H groups in total. The summed E-state index contributed by atoms with van der Waals surface area (Å²) in [6, 6.07) is 4.02. The standard InChI is InChI=1S/C10H9FO2/c1-2-3-7-4-5-8(10(12)13)9(11)6-7/h2-6H,1H3,(H,12,13)/b3-2+. The highest BCUT2D eigenvalue weighted by atomic mass is 19.1. The van der Waals surface area contributed by atoms with Gasteiger partial charge >= 0.3 is 5.97 Å². The average Bonchev–Trinajstić information content (AvgIpc) is 2.04. The van der Waals surface area contributed by atoms with E-state index < -0.39 is 11.8 Å². The molecule has 0 bridgehead atoms. The van der Waals surface area contributed by atoms with Crippen molar-refractivity contribution in [1.82, 2.24) is 0 Å². The topological polar surface area (TPSA) is 37.3 Å². The van der Waals surface area contributed by atoms with Crippen molar-refractivity contribution in [3.8, 4) is 0 Å². The zero-order chi connectivity index (χ0) is 9.84. The molecule has 0 aliphatic rings. The second kappa shape index (κ2) is 3.85. The Bertz CT molecular complexity index is 356. The summed E-state index contributed by atoms with van der Waals surface area (Å²) in [4.78, 5) is 10.4. The van der Waals surface area contributed by atoms with Gasteiger partial charge < -0.3 is 5.11 Å². The number of carbonyl (C=O) groups is 1. The lowest BCUT2D eigenvalue weighted by Crippen LogP contribution is -1.99. The molecule has 0 aliphatic carbocycles. The highest BCUT2D eigenvalue weighted by Gasteiger charge is 2.08. The molecule has 0 fully saturated rings. The van der Waals surface area contributed by atoms with E-state index in [2.05, 4.69) is 0 Å². The molecule has 0 heterocycles. The zero-order valence-electron chi connectivity index (χ0n) is 7.12. The van der Waals surface area contributed by atoms with Gasteiger partial charge in [-0.05, 0) is 24.6 Å². The summed E-state index contributed by atoms with van der Waals surface area (Å²) in [5, 5.41) is 8.53. The Labute approximate surface area is 75.3 Å². The molecule has 68 valence electrons. The number of carboxylic acid groups (broad SMARTS) is 1. The van der Waals surface area contributed by atoms with Gasteiger partial charge in [-0.15, -0.1) is 0 Å². The van der Waals surface area contributed by atoms with Gasteiger partial charge in [-0.1, -0.05) is 18.2 Å². The number of carboxylic acids is 1. The van der Waals surface area contributed by atoms with Crippen LogP contribution in [0.2, 0.25) is 0 Å². The highest BCUT2D eigenvalue weighted by Crippen LogP contribution is 2.11. The number of aromatic carboxylic acids is 1. The van der Waals surface area contributed by atoms with Gasteiger partial charge in [0.05, 0.1) is 5.56 Å². The van der Waals surface area contributed by atoms with Crippen LogP contribution in [0.1, 0.15) is 22.8 Å². The lowest BCUT2D eigenvalue weighted by molar-refractivity contribution is 0.0692. The van der Waals surface area contributed by atoms with Crippen molar-refractivity contribution in [1.29, 1.82) is 0 Å². The minimum atomic E-state index is -1.25. The number of allylic oxidation sites excluding steroid dienone is 1. The monoisotopic (exact) mass is 180 g/mol. The number of halogens is 1. The van der Waals surface area contributed by atoms with E-state index in [1.165, 1.54) is 12.1 Å². The summed E-state index contributed by atoms with van der Waals surface area (Å²) in [5.41, 5.74) is 0.359. The fourth-order valence-corrected chi connectivity index (χ4v) is 1.00. The van der Waals surface area contributed by atoms with Gasteiger partial charge in [0.2, 0.25) is 0 Å². The van der Waals surface area contributed by atoms with Crippen LogP contribution in [0.3, 0.4) is 0 Å². The summed E-state index contributed by atoms with van der Waals surface area (Å²) in [7, 11) is 0. The predicted octanol–water partition coefficient (Wildman–Crippen LogP) is 2.56. The van der Waals surface area contributed by atoms with E-state index in [1.54, 1.807) is 18.2 Å². The third-order valence-corrected chi connectivity index (χ3v) is 1.58. The van der Waals surface area contributed by atoms with Gasteiger partial charge in [-0.2, -0.15) is 0 Å². The molecule has 0 radical (unpaired) electrons. The predicted molar refractivity (Wildman–Crippen MR) is 48.1 cm³/mol. The van der Waals surface area contributed by atoms with Crippen molar-refractivity contribution < 1.29 is 14.3 Å². The normalized spacial score (nSPS) is 10.6. The van der Waals surface area contributed by atoms with Crippen molar-refractivity contribution in [3.05, 3.63) is 41.2 Å². The van der Waals surface area contributed by atoms with Gasteiger partial charge in [0.15, 0.2) is 0 Å². The molecule has 0 aliphatic heterocycles. The maximum absolute atomic E-state index is 13.0. The van der Waals surface area contributed by atoms with Crippen molar-refractivity contribution in [2.45, 2.75) is 6.92 Å². The van der Waals surface area contributed by atoms with Crippen molar-refractivity contribution in [3.63, 3.8) is 0 Å². The first-order valence-electron chi connectivity index (χ1n) is 3.80. The first-order valence-corrected chi connectivity index (χ1v) is 3.80. The molecule has 0 spiro atoms. The molecule has 1 rings (SSSR count). The lowest BCUT2D eigenvalue weighted by Gasteiger charge is -1.98. The number of rotatable bonds is 2. The number of hydrogen-bond acceptors (Lipinski definition) is 1. The van der Waals surface area contributed by atoms with Crippen molar-refractivity contribution >= 4 is 12.0 Å². The largest absolute Gasteiger partial charge is 0.478 e. The van der Waals surface area contributed by atoms with Gasteiger partial charge in [0.25, 0.3) is 0 Å². The Morgan fingerprint density at radius 2 is 2.23 bits per heavy atom. The van der Waals surface area contributed by atoms with Gasteiger partial charge in [-0.3, -0.25) is 0 Å². The Kier molecular flexibility index (Phi) is 2.80. The Hall–Kier alpha value is -1.64. The molecule has 0 amide bonds. The summed E-state index contributed by atoms with van der Waals surface area (Å²) >= 11 is 0. The van der Waals surface area contributed by atoms with Crippen LogP contribution >= 0.6 is 0 Å². The van der Waals surface area contributed by atoms with E-state index in [0.29, 0.717) is 5.56 Å². The van der Waals surface area contributed by atoms with E-state index in [0.717, 1.165) is 0 Å². The molecule has 0 aromatic heterocycles. The highest BCUT2D eigenvalue weighted by molar-refractivity contribution is 5.88. The maximum Gasteiger partial charge on any atom is 0.338 e. The van der Waals surface area contributed by atoms with E-state index in [9.17, 15) is 9.18 Å². The maximum atomic E-state index is 13.0. The van der Waals surface area contributed by atoms with Crippen LogP contribution in [-0.4, -0.2) is 11.1 Å². The smallest absolute Gasteiger partial charge is 0.338 e. The van der Waals surface area contributed by atoms with Crippen LogP contribution in [0.4, 0.5) is 4.39 Å². The van der Waals surface area contributed by atoms with E-state index in [1.807, 2.05) is 6.92 Å². The zero-order valence-corrected chi connectivity index (χ0v) is 7.12. The van der Waals surface area contributed by atoms with Crippen molar-refractivity contribution in [2.75, 3.05) is 0 Å². The summed E-state index contributed by atoms with van der Waals surface area (Å²) < 4.78 is 13.0. The van der Waals surface area contributed by atoms with E-state index >= 15 is 0 Å². The summed E-state index contributed by atoms with van der Waals surface area (Å²) in [5.74, 6) is -1.95. The Morgan fingerprint density at radius 1 is 1.54 bits per heavy atom. The van der Waals surface area contributed by atoms with E-state index in [4.69, 9.17) is 5.11 Å². The minimum Gasteiger partial charge on any atom is -0.478 e. The number of benzene rings is 1. The Balaban J connectivity index is 3.12. The molecule has 13 heavy (non-hydrogen) atoms. The third kappa shape index (κ3) is 2.15. The van der Waals surface area contributed by atoms with Gasteiger partial charge in [0.1, 0.15) is 5.82 Å². The molecule has 2 nitrogen and oxygen atoms in total. The Morgan fingerprint density at radius 3 is 2.69 bits per heavy atom. The minimum absolute atomic E-state index is 0.298.